The Morgan fingerprint density at radius 3 is 2.52 bits per heavy atom. The third kappa shape index (κ3) is 4.90. The molecule has 2 aliphatic carbocycles. The van der Waals surface area contributed by atoms with Gasteiger partial charge in [-0.1, -0.05) is 6.42 Å². The Morgan fingerprint density at radius 1 is 1.16 bits per heavy atom. The highest BCUT2D eigenvalue weighted by Crippen LogP contribution is 2.49. The summed E-state index contributed by atoms with van der Waals surface area (Å²) >= 11 is 0. The topological polar surface area (TPSA) is 64.6 Å². The molecule has 5 nitrogen and oxygen atoms in total. The van der Waals surface area contributed by atoms with Gasteiger partial charge in [0.25, 0.3) is 5.91 Å². The Bertz CT molecular complexity index is 620. The predicted molar refractivity (Wildman–Crippen MR) is 86.2 cm³/mol. The second kappa shape index (κ2) is 7.80. The van der Waals surface area contributed by atoms with Gasteiger partial charge in [0.05, 0.1) is 0 Å². The van der Waals surface area contributed by atoms with Crippen molar-refractivity contribution in [2.45, 2.75) is 38.7 Å². The first-order valence-electron chi connectivity index (χ1n) is 8.50. The molecule has 1 aromatic rings. The molecule has 1 aromatic carbocycles. The molecule has 25 heavy (non-hydrogen) atoms. The molecule has 0 aromatic heterocycles. The average molecular weight is 353 g/mol. The molecule has 1 N–H and O–H groups in total. The van der Waals surface area contributed by atoms with E-state index in [4.69, 9.17) is 4.74 Å². The van der Waals surface area contributed by atoms with Gasteiger partial charge in [-0.2, -0.15) is 8.78 Å². The first-order chi connectivity index (χ1) is 12.0. The van der Waals surface area contributed by atoms with Gasteiger partial charge in [-0.3, -0.25) is 9.59 Å². The van der Waals surface area contributed by atoms with Crippen molar-refractivity contribution in [1.29, 1.82) is 0 Å². The lowest BCUT2D eigenvalue weighted by Gasteiger charge is -2.20. The van der Waals surface area contributed by atoms with E-state index < -0.39 is 12.5 Å². The third-order valence-electron chi connectivity index (χ3n) is 5.04. The number of fused-ring (bicyclic) bond motifs is 2. The van der Waals surface area contributed by atoms with Crippen molar-refractivity contribution in [2.24, 2.45) is 17.8 Å². The number of rotatable bonds is 7. The van der Waals surface area contributed by atoms with E-state index in [9.17, 15) is 18.4 Å². The van der Waals surface area contributed by atoms with E-state index in [0.29, 0.717) is 23.9 Å². The van der Waals surface area contributed by atoms with Gasteiger partial charge in [0.2, 0.25) is 0 Å². The molecule has 3 atom stereocenters. The number of anilines is 1. The molecule has 0 unspecified atom stereocenters. The van der Waals surface area contributed by atoms with Crippen molar-refractivity contribution in [3.8, 4) is 5.75 Å². The monoisotopic (exact) mass is 353 g/mol. The summed E-state index contributed by atoms with van der Waals surface area (Å²) in [7, 11) is 0. The fourth-order valence-electron chi connectivity index (χ4n) is 3.96. The Morgan fingerprint density at radius 2 is 1.92 bits per heavy atom. The minimum absolute atomic E-state index is 0.00490. The fourth-order valence-corrected chi connectivity index (χ4v) is 3.96. The van der Waals surface area contributed by atoms with Crippen LogP contribution in [0.25, 0.3) is 0 Å². The van der Waals surface area contributed by atoms with Crippen LogP contribution in [0, 0.1) is 17.8 Å². The molecule has 2 aliphatic rings. The molecule has 136 valence electrons. The summed E-state index contributed by atoms with van der Waals surface area (Å²) in [5, 5.41) is 2.54. The van der Waals surface area contributed by atoms with Gasteiger partial charge in [-0.05, 0) is 61.3 Å². The van der Waals surface area contributed by atoms with Crippen LogP contribution >= 0.6 is 0 Å². The highest BCUT2D eigenvalue weighted by atomic mass is 19.3. The molecule has 3 rings (SSSR count). The third-order valence-corrected chi connectivity index (χ3v) is 5.04. The van der Waals surface area contributed by atoms with Crippen LogP contribution in [0.5, 0.6) is 5.75 Å². The average Bonchev–Trinajstić information content (AvgIpc) is 3.17. The fraction of sp³-hybridized carbons (Fsp3) is 0.556. The number of carbonyl (C=O) groups is 2. The lowest BCUT2D eigenvalue weighted by molar-refractivity contribution is -0.148. The molecule has 2 fully saturated rings. The number of halogens is 2. The second-order valence-electron chi connectivity index (χ2n) is 6.75. The standard InChI is InChI=1S/C18H21F2NO4/c19-18(20)25-15-5-3-14(4-6-15)21-16(22)10-24-17(23)9-13-8-11-1-2-12(13)7-11/h3-6,11-13,18H,1-2,7-10H2,(H,21,22)/t11-,12+,13+/m0/s1. The summed E-state index contributed by atoms with van der Waals surface area (Å²) < 4.78 is 33.4. The number of amides is 1. The van der Waals surface area contributed by atoms with E-state index in [2.05, 4.69) is 10.1 Å². The van der Waals surface area contributed by atoms with Crippen LogP contribution in [0.2, 0.25) is 0 Å². The predicted octanol–water partition coefficient (Wildman–Crippen LogP) is 3.60. The highest BCUT2D eigenvalue weighted by Gasteiger charge is 2.40. The molecule has 0 radical (unpaired) electrons. The lowest BCUT2D eigenvalue weighted by Crippen LogP contribution is -2.23. The summed E-state index contributed by atoms with van der Waals surface area (Å²) in [6.07, 6.45) is 5.19. The maximum Gasteiger partial charge on any atom is 0.387 e. The van der Waals surface area contributed by atoms with Gasteiger partial charge in [0.15, 0.2) is 6.61 Å². The first-order valence-corrected chi connectivity index (χ1v) is 8.50. The van der Waals surface area contributed by atoms with Gasteiger partial charge in [0, 0.05) is 12.1 Å². The van der Waals surface area contributed by atoms with Crippen molar-refractivity contribution < 1.29 is 27.8 Å². The number of benzene rings is 1. The van der Waals surface area contributed by atoms with Crippen LogP contribution in [0.1, 0.15) is 32.1 Å². The van der Waals surface area contributed by atoms with E-state index >= 15 is 0 Å². The molecule has 0 spiro atoms. The van der Waals surface area contributed by atoms with E-state index in [1.54, 1.807) is 0 Å². The maximum absolute atomic E-state index is 12.1. The van der Waals surface area contributed by atoms with Crippen LogP contribution in [-0.2, 0) is 14.3 Å². The molecule has 0 saturated heterocycles. The Labute approximate surface area is 144 Å². The van der Waals surface area contributed by atoms with Crippen LogP contribution in [0.3, 0.4) is 0 Å². The smallest absolute Gasteiger partial charge is 0.387 e. The number of hydrogen-bond acceptors (Lipinski definition) is 4. The summed E-state index contributed by atoms with van der Waals surface area (Å²) in [6, 6.07) is 5.52. The quantitative estimate of drug-likeness (QED) is 0.761. The minimum Gasteiger partial charge on any atom is -0.456 e. The second-order valence-corrected chi connectivity index (χ2v) is 6.75. The number of alkyl halides is 2. The number of ether oxygens (including phenoxy) is 2. The number of nitrogens with one attached hydrogen (secondary N) is 1. The van der Waals surface area contributed by atoms with Gasteiger partial charge in [-0.25, -0.2) is 0 Å². The molecular formula is C18H21F2NO4. The van der Waals surface area contributed by atoms with Crippen molar-refractivity contribution in [1.82, 2.24) is 0 Å². The van der Waals surface area contributed by atoms with Crippen molar-refractivity contribution >= 4 is 17.6 Å². The van der Waals surface area contributed by atoms with Crippen molar-refractivity contribution in [2.75, 3.05) is 11.9 Å². The first kappa shape index (κ1) is 17.6. The zero-order valence-corrected chi connectivity index (χ0v) is 13.8. The Balaban J connectivity index is 1.38. The highest BCUT2D eigenvalue weighted by molar-refractivity contribution is 5.92. The normalized spacial score (nSPS) is 24.4. The van der Waals surface area contributed by atoms with Gasteiger partial charge < -0.3 is 14.8 Å². The van der Waals surface area contributed by atoms with Gasteiger partial charge in [-0.15, -0.1) is 0 Å². The summed E-state index contributed by atoms with van der Waals surface area (Å²) in [6.45, 7) is -3.25. The van der Waals surface area contributed by atoms with Crippen LogP contribution in [0.15, 0.2) is 24.3 Å². The molecule has 1 amide bonds. The minimum atomic E-state index is -2.89. The van der Waals surface area contributed by atoms with E-state index in [0.717, 1.165) is 12.3 Å². The number of hydrogen-bond donors (Lipinski definition) is 1. The van der Waals surface area contributed by atoms with Crippen LogP contribution in [-0.4, -0.2) is 25.1 Å². The molecule has 0 heterocycles. The van der Waals surface area contributed by atoms with E-state index in [-0.39, 0.29) is 18.3 Å². The zero-order valence-electron chi connectivity index (χ0n) is 13.8. The van der Waals surface area contributed by atoms with Crippen LogP contribution < -0.4 is 10.1 Å². The van der Waals surface area contributed by atoms with Crippen molar-refractivity contribution in [3.63, 3.8) is 0 Å². The summed E-state index contributed by atoms with van der Waals surface area (Å²) in [4.78, 5) is 23.7. The van der Waals surface area contributed by atoms with E-state index in [1.807, 2.05) is 0 Å². The largest absolute Gasteiger partial charge is 0.456 e. The maximum atomic E-state index is 12.1. The Kier molecular flexibility index (Phi) is 5.50. The van der Waals surface area contributed by atoms with Gasteiger partial charge in [0.1, 0.15) is 5.75 Å². The zero-order chi connectivity index (χ0) is 17.8. The lowest BCUT2D eigenvalue weighted by atomic mass is 9.86. The SMILES string of the molecule is O=C(COC(=O)C[C@H]1C[C@H]2CC[C@@H]1C2)Nc1ccc(OC(F)F)cc1. The van der Waals surface area contributed by atoms with Gasteiger partial charge >= 0.3 is 12.6 Å². The number of esters is 1. The summed E-state index contributed by atoms with van der Waals surface area (Å²) in [5.41, 5.74) is 0.413. The molecule has 7 heteroatoms. The van der Waals surface area contributed by atoms with E-state index in [1.165, 1.54) is 43.5 Å². The summed E-state index contributed by atoms with van der Waals surface area (Å²) in [5.74, 6) is 1.00. The Hall–Kier alpha value is -2.18. The van der Waals surface area contributed by atoms with Crippen LogP contribution in [0.4, 0.5) is 14.5 Å². The number of carbonyl (C=O) groups excluding carboxylic acids is 2. The molecule has 0 aliphatic heterocycles. The molecule has 2 saturated carbocycles. The molecular weight excluding hydrogens is 332 g/mol. The molecule has 2 bridgehead atoms. The van der Waals surface area contributed by atoms with Crippen molar-refractivity contribution in [3.05, 3.63) is 24.3 Å².